The SMILES string of the molecule is Cc1ccccc1-c1c(O)c(CC(C)C)nn(CC(F)F)c1=O. The van der Waals surface area contributed by atoms with E-state index in [1.807, 2.05) is 19.9 Å². The van der Waals surface area contributed by atoms with Crippen LogP contribution in [-0.2, 0) is 13.0 Å². The molecule has 2 aromatic rings. The van der Waals surface area contributed by atoms with Gasteiger partial charge in [-0.15, -0.1) is 0 Å². The van der Waals surface area contributed by atoms with E-state index in [4.69, 9.17) is 0 Å². The van der Waals surface area contributed by atoms with E-state index in [-0.39, 0.29) is 22.9 Å². The number of nitrogens with zero attached hydrogens (tertiary/aromatic N) is 2. The molecule has 0 unspecified atom stereocenters. The first kappa shape index (κ1) is 17.1. The first-order chi connectivity index (χ1) is 10.8. The molecule has 0 bridgehead atoms. The Kier molecular flexibility index (Phi) is 5.13. The highest BCUT2D eigenvalue weighted by molar-refractivity contribution is 5.72. The number of aromatic nitrogens is 2. The van der Waals surface area contributed by atoms with Crippen molar-refractivity contribution >= 4 is 0 Å². The number of hydrogen-bond donors (Lipinski definition) is 1. The van der Waals surface area contributed by atoms with Gasteiger partial charge < -0.3 is 5.11 Å². The second-order valence-electron chi connectivity index (χ2n) is 5.96. The highest BCUT2D eigenvalue weighted by Gasteiger charge is 2.21. The van der Waals surface area contributed by atoms with E-state index >= 15 is 0 Å². The van der Waals surface area contributed by atoms with Crippen molar-refractivity contribution in [3.8, 4) is 16.9 Å². The van der Waals surface area contributed by atoms with Crippen molar-refractivity contribution in [2.24, 2.45) is 5.92 Å². The van der Waals surface area contributed by atoms with E-state index < -0.39 is 18.5 Å². The normalized spacial score (nSPS) is 11.4. The Morgan fingerprint density at radius 3 is 2.48 bits per heavy atom. The molecule has 0 saturated carbocycles. The molecular formula is C17H20F2N2O2. The molecule has 1 aromatic heterocycles. The van der Waals surface area contributed by atoms with Gasteiger partial charge in [0.25, 0.3) is 12.0 Å². The largest absolute Gasteiger partial charge is 0.505 e. The number of benzene rings is 1. The zero-order chi connectivity index (χ0) is 17.1. The summed E-state index contributed by atoms with van der Waals surface area (Å²) in [4.78, 5) is 12.5. The Balaban J connectivity index is 2.73. The van der Waals surface area contributed by atoms with Gasteiger partial charge in [0, 0.05) is 0 Å². The lowest BCUT2D eigenvalue weighted by Gasteiger charge is -2.15. The van der Waals surface area contributed by atoms with Crippen molar-refractivity contribution in [2.75, 3.05) is 0 Å². The smallest absolute Gasteiger partial charge is 0.278 e. The van der Waals surface area contributed by atoms with Crippen LogP contribution in [0.3, 0.4) is 0 Å². The van der Waals surface area contributed by atoms with E-state index in [1.54, 1.807) is 25.1 Å². The molecule has 6 heteroatoms. The van der Waals surface area contributed by atoms with Gasteiger partial charge in [-0.1, -0.05) is 38.1 Å². The van der Waals surface area contributed by atoms with E-state index in [0.717, 1.165) is 10.2 Å². The molecule has 0 aliphatic heterocycles. The molecule has 1 N–H and O–H groups in total. The molecule has 124 valence electrons. The Labute approximate surface area is 133 Å². The van der Waals surface area contributed by atoms with Gasteiger partial charge in [-0.3, -0.25) is 4.79 Å². The van der Waals surface area contributed by atoms with Gasteiger partial charge in [0.1, 0.15) is 12.2 Å². The van der Waals surface area contributed by atoms with Gasteiger partial charge >= 0.3 is 0 Å². The number of halogens is 2. The Morgan fingerprint density at radius 2 is 1.91 bits per heavy atom. The highest BCUT2D eigenvalue weighted by Crippen LogP contribution is 2.31. The van der Waals surface area contributed by atoms with Crippen LogP contribution < -0.4 is 5.56 Å². The predicted octanol–water partition coefficient (Wildman–Crippen LogP) is 3.39. The maximum atomic E-state index is 12.7. The summed E-state index contributed by atoms with van der Waals surface area (Å²) in [7, 11) is 0. The molecule has 2 rings (SSSR count). The maximum absolute atomic E-state index is 12.7. The summed E-state index contributed by atoms with van der Waals surface area (Å²) < 4.78 is 26.2. The van der Waals surface area contributed by atoms with Crippen molar-refractivity contribution in [1.29, 1.82) is 0 Å². The molecule has 0 saturated heterocycles. The standard InChI is InChI=1S/C17H20F2N2O2/c1-10(2)8-13-16(22)15(12-7-5-4-6-11(12)3)17(23)21(20-13)9-14(18)19/h4-7,10,14,22H,8-9H2,1-3H3. The number of aryl methyl sites for hydroxylation is 1. The van der Waals surface area contributed by atoms with Crippen molar-refractivity contribution in [1.82, 2.24) is 9.78 Å². The third-order valence-corrected chi connectivity index (χ3v) is 3.53. The lowest BCUT2D eigenvalue weighted by Crippen LogP contribution is -2.29. The zero-order valence-corrected chi connectivity index (χ0v) is 13.4. The second kappa shape index (κ2) is 6.89. The summed E-state index contributed by atoms with van der Waals surface area (Å²) >= 11 is 0. The van der Waals surface area contributed by atoms with Gasteiger partial charge in [0.2, 0.25) is 0 Å². The van der Waals surface area contributed by atoms with Crippen molar-refractivity contribution in [2.45, 2.75) is 40.2 Å². The van der Waals surface area contributed by atoms with Crippen LogP contribution in [0.4, 0.5) is 8.78 Å². The first-order valence-electron chi connectivity index (χ1n) is 7.48. The summed E-state index contributed by atoms with van der Waals surface area (Å²) in [5, 5.41) is 14.4. The Hall–Kier alpha value is -2.24. The van der Waals surface area contributed by atoms with Crippen LogP contribution in [0.5, 0.6) is 5.75 Å². The fraction of sp³-hybridized carbons (Fsp3) is 0.412. The van der Waals surface area contributed by atoms with Crippen LogP contribution in [0.25, 0.3) is 11.1 Å². The van der Waals surface area contributed by atoms with Crippen molar-refractivity contribution in [3.63, 3.8) is 0 Å². The lowest BCUT2D eigenvalue weighted by atomic mass is 9.98. The van der Waals surface area contributed by atoms with Gasteiger partial charge in [-0.05, 0) is 30.4 Å². The van der Waals surface area contributed by atoms with Gasteiger partial charge in [0.05, 0.1) is 5.56 Å². The van der Waals surface area contributed by atoms with Crippen LogP contribution in [-0.4, -0.2) is 21.3 Å². The first-order valence-corrected chi connectivity index (χ1v) is 7.48. The van der Waals surface area contributed by atoms with Crippen LogP contribution in [0.15, 0.2) is 29.1 Å². The van der Waals surface area contributed by atoms with Crippen LogP contribution >= 0.6 is 0 Å². The molecule has 1 aromatic carbocycles. The molecule has 23 heavy (non-hydrogen) atoms. The lowest BCUT2D eigenvalue weighted by molar-refractivity contribution is 0.119. The minimum Gasteiger partial charge on any atom is -0.505 e. The number of rotatable bonds is 5. The van der Waals surface area contributed by atoms with Gasteiger partial charge in [-0.2, -0.15) is 5.10 Å². The Morgan fingerprint density at radius 1 is 1.26 bits per heavy atom. The average molecular weight is 322 g/mol. The molecular weight excluding hydrogens is 302 g/mol. The molecule has 0 spiro atoms. The predicted molar refractivity (Wildman–Crippen MR) is 84.9 cm³/mol. The average Bonchev–Trinajstić information content (AvgIpc) is 2.45. The fourth-order valence-corrected chi connectivity index (χ4v) is 2.49. The number of alkyl halides is 2. The molecule has 0 aliphatic rings. The van der Waals surface area contributed by atoms with Crippen molar-refractivity contribution in [3.05, 3.63) is 45.9 Å². The summed E-state index contributed by atoms with van der Waals surface area (Å²) in [6, 6.07) is 7.04. The van der Waals surface area contributed by atoms with Crippen LogP contribution in [0, 0.1) is 12.8 Å². The third-order valence-electron chi connectivity index (χ3n) is 3.53. The highest BCUT2D eigenvalue weighted by atomic mass is 19.3. The minimum atomic E-state index is -2.69. The van der Waals surface area contributed by atoms with Crippen LogP contribution in [0.1, 0.15) is 25.1 Å². The zero-order valence-electron chi connectivity index (χ0n) is 13.4. The van der Waals surface area contributed by atoms with E-state index in [9.17, 15) is 18.7 Å². The molecule has 0 radical (unpaired) electrons. The van der Waals surface area contributed by atoms with E-state index in [1.165, 1.54) is 0 Å². The van der Waals surface area contributed by atoms with Crippen molar-refractivity contribution < 1.29 is 13.9 Å². The molecule has 4 nitrogen and oxygen atoms in total. The maximum Gasteiger partial charge on any atom is 0.278 e. The van der Waals surface area contributed by atoms with E-state index in [0.29, 0.717) is 12.0 Å². The summed E-state index contributed by atoms with van der Waals surface area (Å²) in [6.07, 6.45) is -2.30. The van der Waals surface area contributed by atoms with Crippen LogP contribution in [0.2, 0.25) is 0 Å². The monoisotopic (exact) mass is 322 g/mol. The van der Waals surface area contributed by atoms with E-state index in [2.05, 4.69) is 5.10 Å². The Bertz CT molecular complexity index is 755. The van der Waals surface area contributed by atoms with Gasteiger partial charge in [-0.25, -0.2) is 13.5 Å². The number of aromatic hydroxyl groups is 1. The summed E-state index contributed by atoms with van der Waals surface area (Å²) in [5.41, 5.74) is 0.910. The second-order valence-corrected chi connectivity index (χ2v) is 5.96. The fourth-order valence-electron chi connectivity index (χ4n) is 2.49. The molecule has 0 fully saturated rings. The molecule has 0 amide bonds. The molecule has 1 heterocycles. The third kappa shape index (κ3) is 3.75. The molecule has 0 aliphatic carbocycles. The number of hydrogen-bond acceptors (Lipinski definition) is 3. The minimum absolute atomic E-state index is 0.0365. The quantitative estimate of drug-likeness (QED) is 0.918. The summed E-state index contributed by atoms with van der Waals surface area (Å²) in [6.45, 7) is 4.87. The topological polar surface area (TPSA) is 55.1 Å². The summed E-state index contributed by atoms with van der Waals surface area (Å²) in [5.74, 6) is -0.0564. The molecule has 0 atom stereocenters. The van der Waals surface area contributed by atoms with Gasteiger partial charge in [0.15, 0.2) is 5.75 Å².